The molecule has 0 bridgehead atoms. The second-order valence-electron chi connectivity index (χ2n) is 3.62. The summed E-state index contributed by atoms with van der Waals surface area (Å²) in [5.41, 5.74) is -0.273. The molecule has 0 amide bonds. The van der Waals surface area contributed by atoms with Crippen LogP contribution < -0.4 is 0 Å². The molecule has 0 saturated carbocycles. The number of nitrogens with zero attached hydrogens (tertiary/aromatic N) is 2. The summed E-state index contributed by atoms with van der Waals surface area (Å²) in [4.78, 5) is 20.2. The van der Waals surface area contributed by atoms with Crippen LogP contribution in [0.15, 0.2) is 29.2 Å². The number of terminal acetylenes is 1. The molecule has 0 aliphatic heterocycles. The number of nitro groups is 1. The molecule has 0 fully saturated rings. The lowest BCUT2D eigenvalue weighted by molar-refractivity contribution is -0.384. The van der Waals surface area contributed by atoms with E-state index in [4.69, 9.17) is 11.5 Å². The first-order valence-electron chi connectivity index (χ1n) is 5.19. The summed E-state index contributed by atoms with van der Waals surface area (Å²) in [7, 11) is -4.11. The third kappa shape index (κ3) is 3.53. The zero-order valence-corrected chi connectivity index (χ0v) is 10.9. The van der Waals surface area contributed by atoms with Crippen LogP contribution in [-0.2, 0) is 14.8 Å². The van der Waals surface area contributed by atoms with Crippen molar-refractivity contribution in [1.82, 2.24) is 4.31 Å². The van der Waals surface area contributed by atoms with Crippen LogP contribution in [0.1, 0.15) is 0 Å². The van der Waals surface area contributed by atoms with Crippen LogP contribution in [0.4, 0.5) is 5.69 Å². The Bertz CT molecular complexity index is 659. The third-order valence-corrected chi connectivity index (χ3v) is 4.07. The first-order valence-corrected chi connectivity index (χ1v) is 6.63. The zero-order chi connectivity index (χ0) is 15.3. The van der Waals surface area contributed by atoms with Crippen molar-refractivity contribution in [3.8, 4) is 12.3 Å². The highest BCUT2D eigenvalue weighted by Gasteiger charge is 2.26. The van der Waals surface area contributed by atoms with Crippen molar-refractivity contribution in [1.29, 1.82) is 0 Å². The molecule has 106 valence electrons. The van der Waals surface area contributed by atoms with E-state index >= 15 is 0 Å². The van der Waals surface area contributed by atoms with Gasteiger partial charge in [-0.15, -0.1) is 6.42 Å². The molecule has 0 saturated heterocycles. The number of sulfonamides is 1. The van der Waals surface area contributed by atoms with Crippen LogP contribution in [0.5, 0.6) is 0 Å². The van der Waals surface area contributed by atoms with E-state index in [1.54, 1.807) is 0 Å². The van der Waals surface area contributed by atoms with Crippen LogP contribution in [0, 0.1) is 22.5 Å². The summed E-state index contributed by atoms with van der Waals surface area (Å²) < 4.78 is 24.9. The number of carboxylic acids is 1. The average Bonchev–Trinajstić information content (AvgIpc) is 2.37. The molecule has 0 aliphatic carbocycles. The first-order chi connectivity index (χ1) is 9.28. The fraction of sp³-hybridized carbons (Fsp3) is 0.182. The van der Waals surface area contributed by atoms with E-state index in [2.05, 4.69) is 5.92 Å². The van der Waals surface area contributed by atoms with E-state index in [-0.39, 0.29) is 10.6 Å². The molecule has 0 heterocycles. The second kappa shape index (κ2) is 6.14. The fourth-order valence-corrected chi connectivity index (χ4v) is 2.67. The molecule has 0 radical (unpaired) electrons. The van der Waals surface area contributed by atoms with E-state index < -0.39 is 34.0 Å². The molecule has 8 nitrogen and oxygen atoms in total. The summed E-state index contributed by atoms with van der Waals surface area (Å²) in [5.74, 6) is 0.698. The molecule has 20 heavy (non-hydrogen) atoms. The summed E-state index contributed by atoms with van der Waals surface area (Å²) in [6, 6.07) is 4.08. The lowest BCUT2D eigenvalue weighted by Gasteiger charge is -2.17. The summed E-state index contributed by atoms with van der Waals surface area (Å²) in [5, 5.41) is 19.2. The van der Waals surface area contributed by atoms with Crippen LogP contribution in [0.2, 0.25) is 0 Å². The number of carbonyl (C=O) groups is 1. The minimum Gasteiger partial charge on any atom is -0.480 e. The number of carboxylic acid groups (broad SMARTS) is 1. The molecular formula is C11H10N2O6S. The molecule has 0 atom stereocenters. The molecule has 9 heteroatoms. The van der Waals surface area contributed by atoms with Crippen LogP contribution in [0.3, 0.4) is 0 Å². The molecular weight excluding hydrogens is 288 g/mol. The topological polar surface area (TPSA) is 118 Å². The van der Waals surface area contributed by atoms with Gasteiger partial charge in [0.1, 0.15) is 6.54 Å². The number of hydrogen-bond acceptors (Lipinski definition) is 5. The van der Waals surface area contributed by atoms with Crippen molar-refractivity contribution in [2.75, 3.05) is 13.1 Å². The molecule has 1 N–H and O–H groups in total. The number of rotatable bonds is 6. The van der Waals surface area contributed by atoms with Gasteiger partial charge in [0.25, 0.3) is 5.69 Å². The van der Waals surface area contributed by atoms with Crippen molar-refractivity contribution in [3.63, 3.8) is 0 Å². The van der Waals surface area contributed by atoms with Gasteiger partial charge in [0.2, 0.25) is 10.0 Å². The first kappa shape index (κ1) is 15.6. The lowest BCUT2D eigenvalue weighted by atomic mass is 10.3. The number of aliphatic carboxylic acids is 1. The quantitative estimate of drug-likeness (QED) is 0.458. The fourth-order valence-electron chi connectivity index (χ4n) is 1.37. The van der Waals surface area contributed by atoms with E-state index in [1.165, 1.54) is 0 Å². The van der Waals surface area contributed by atoms with Gasteiger partial charge in [-0.1, -0.05) is 5.92 Å². The maximum Gasteiger partial charge on any atom is 0.318 e. The van der Waals surface area contributed by atoms with Gasteiger partial charge in [0, 0.05) is 12.1 Å². The van der Waals surface area contributed by atoms with Gasteiger partial charge in [-0.05, 0) is 12.1 Å². The van der Waals surface area contributed by atoms with Gasteiger partial charge < -0.3 is 5.11 Å². The molecule has 0 aliphatic rings. The Balaban J connectivity index is 3.16. The third-order valence-electron chi connectivity index (χ3n) is 2.26. The highest BCUT2D eigenvalue weighted by molar-refractivity contribution is 7.89. The van der Waals surface area contributed by atoms with E-state index in [1.807, 2.05) is 0 Å². The van der Waals surface area contributed by atoms with E-state index in [0.717, 1.165) is 24.3 Å². The van der Waals surface area contributed by atoms with Gasteiger partial charge in [-0.25, -0.2) is 8.42 Å². The van der Waals surface area contributed by atoms with Crippen molar-refractivity contribution in [3.05, 3.63) is 34.4 Å². The Morgan fingerprint density at radius 3 is 2.35 bits per heavy atom. The molecule has 1 aromatic rings. The maximum atomic E-state index is 12.1. The van der Waals surface area contributed by atoms with Gasteiger partial charge in [-0.3, -0.25) is 14.9 Å². The standard InChI is InChI=1S/C11H10N2O6S/c1-2-7-12(8-11(14)15)20(18,19)10-5-3-9(4-6-10)13(16)17/h1,3-6H,7-8H2,(H,14,15). The number of benzene rings is 1. The molecule has 1 aromatic carbocycles. The number of non-ortho nitro benzene ring substituents is 1. The summed E-state index contributed by atoms with van der Waals surface area (Å²) in [6.07, 6.45) is 5.01. The second-order valence-corrected chi connectivity index (χ2v) is 5.56. The number of hydrogen-bond donors (Lipinski definition) is 1. The largest absolute Gasteiger partial charge is 0.480 e. The highest BCUT2D eigenvalue weighted by Crippen LogP contribution is 2.19. The minimum absolute atomic E-state index is 0.264. The maximum absolute atomic E-state index is 12.1. The Kier molecular flexibility index (Phi) is 4.79. The van der Waals surface area contributed by atoms with Crippen molar-refractivity contribution in [2.45, 2.75) is 4.90 Å². The van der Waals surface area contributed by atoms with Gasteiger partial charge in [0.05, 0.1) is 16.4 Å². The molecule has 0 spiro atoms. The monoisotopic (exact) mass is 298 g/mol. The smallest absolute Gasteiger partial charge is 0.318 e. The zero-order valence-electron chi connectivity index (χ0n) is 10.1. The van der Waals surface area contributed by atoms with Gasteiger partial charge in [-0.2, -0.15) is 4.31 Å². The van der Waals surface area contributed by atoms with Crippen LogP contribution in [0.25, 0.3) is 0 Å². The normalized spacial score (nSPS) is 11.0. The van der Waals surface area contributed by atoms with Crippen molar-refractivity contribution < 1.29 is 23.2 Å². The summed E-state index contributed by atoms with van der Waals surface area (Å²) >= 11 is 0. The molecule has 1 rings (SSSR count). The Hall–Kier alpha value is -2.44. The van der Waals surface area contributed by atoms with Crippen molar-refractivity contribution >= 4 is 21.7 Å². The van der Waals surface area contributed by atoms with E-state index in [9.17, 15) is 23.3 Å². The summed E-state index contributed by atoms with van der Waals surface area (Å²) in [6.45, 7) is -1.20. The SMILES string of the molecule is C#CCN(CC(=O)O)S(=O)(=O)c1ccc([N+](=O)[O-])cc1. The Morgan fingerprint density at radius 1 is 1.40 bits per heavy atom. The lowest BCUT2D eigenvalue weighted by Crippen LogP contribution is -2.35. The predicted molar refractivity (Wildman–Crippen MR) is 68.3 cm³/mol. The Labute approximate surface area is 114 Å². The van der Waals surface area contributed by atoms with E-state index in [0.29, 0.717) is 4.31 Å². The van der Waals surface area contributed by atoms with Crippen LogP contribution in [-0.4, -0.2) is 41.8 Å². The van der Waals surface area contributed by atoms with Gasteiger partial charge in [0.15, 0.2) is 0 Å². The average molecular weight is 298 g/mol. The number of nitro benzene ring substituents is 1. The van der Waals surface area contributed by atoms with Crippen molar-refractivity contribution in [2.24, 2.45) is 0 Å². The molecule has 0 aromatic heterocycles. The van der Waals surface area contributed by atoms with Gasteiger partial charge >= 0.3 is 5.97 Å². The highest BCUT2D eigenvalue weighted by atomic mass is 32.2. The molecule has 0 unspecified atom stereocenters. The van der Waals surface area contributed by atoms with Crippen LogP contribution >= 0.6 is 0 Å². The predicted octanol–water partition coefficient (Wildman–Crippen LogP) is 0.303. The Morgan fingerprint density at radius 2 is 1.95 bits per heavy atom. The minimum atomic E-state index is -4.11.